The van der Waals surface area contributed by atoms with Crippen LogP contribution in [0.4, 0.5) is 4.39 Å². The predicted octanol–water partition coefficient (Wildman–Crippen LogP) is 4.87. The third kappa shape index (κ3) is 3.19. The van der Waals surface area contributed by atoms with E-state index in [-0.39, 0.29) is 17.1 Å². The zero-order chi connectivity index (χ0) is 14.7. The molecule has 20 heavy (non-hydrogen) atoms. The Morgan fingerprint density at radius 3 is 2.70 bits per heavy atom. The molecular formula is C15H11BrClFO2. The Morgan fingerprint density at radius 2 is 2.00 bits per heavy atom. The van der Waals surface area contributed by atoms with Gasteiger partial charge in [-0.25, -0.2) is 4.39 Å². The molecule has 2 nitrogen and oxygen atoms in total. The van der Waals surface area contributed by atoms with Crippen molar-refractivity contribution in [1.82, 2.24) is 0 Å². The van der Waals surface area contributed by atoms with Crippen molar-refractivity contribution in [3.8, 4) is 5.75 Å². The minimum Gasteiger partial charge on any atom is -0.493 e. The Kier molecular flexibility index (Phi) is 4.78. The molecule has 0 radical (unpaired) electrons. The molecular weight excluding hydrogens is 347 g/mol. The molecule has 0 aliphatic heterocycles. The van der Waals surface area contributed by atoms with Gasteiger partial charge in [0.1, 0.15) is 11.6 Å². The van der Waals surface area contributed by atoms with Crippen molar-refractivity contribution in [2.24, 2.45) is 0 Å². The number of ether oxygens (including phenoxy) is 1. The third-order valence-corrected chi connectivity index (χ3v) is 3.48. The number of ketones is 1. The molecule has 0 atom stereocenters. The number of benzene rings is 2. The van der Waals surface area contributed by atoms with Gasteiger partial charge in [0, 0.05) is 16.1 Å². The molecule has 0 unspecified atom stereocenters. The van der Waals surface area contributed by atoms with Crippen molar-refractivity contribution in [1.29, 1.82) is 0 Å². The first kappa shape index (κ1) is 15.0. The number of hydrogen-bond donors (Lipinski definition) is 0. The average Bonchev–Trinajstić information content (AvgIpc) is 2.41. The Bertz CT molecular complexity index is 658. The summed E-state index contributed by atoms with van der Waals surface area (Å²) in [5.74, 6) is -0.543. The first-order valence-corrected chi connectivity index (χ1v) is 7.12. The molecule has 0 bridgehead atoms. The van der Waals surface area contributed by atoms with Crippen LogP contribution in [0.25, 0.3) is 0 Å². The van der Waals surface area contributed by atoms with Crippen LogP contribution >= 0.6 is 27.5 Å². The normalized spacial score (nSPS) is 10.4. The van der Waals surface area contributed by atoms with E-state index in [9.17, 15) is 9.18 Å². The summed E-state index contributed by atoms with van der Waals surface area (Å²) in [4.78, 5) is 12.5. The van der Waals surface area contributed by atoms with Crippen molar-refractivity contribution < 1.29 is 13.9 Å². The highest BCUT2D eigenvalue weighted by Gasteiger charge is 2.18. The van der Waals surface area contributed by atoms with E-state index in [0.717, 1.165) is 4.47 Å². The molecule has 0 aromatic heterocycles. The van der Waals surface area contributed by atoms with Crippen LogP contribution < -0.4 is 4.74 Å². The highest BCUT2D eigenvalue weighted by Crippen LogP contribution is 2.28. The lowest BCUT2D eigenvalue weighted by molar-refractivity contribution is 0.103. The molecule has 0 N–H and O–H groups in total. The minimum absolute atomic E-state index is 0.216. The zero-order valence-corrected chi connectivity index (χ0v) is 13.0. The molecule has 0 amide bonds. The van der Waals surface area contributed by atoms with E-state index in [0.29, 0.717) is 17.2 Å². The molecule has 0 spiro atoms. The summed E-state index contributed by atoms with van der Waals surface area (Å²) in [6, 6.07) is 8.82. The predicted molar refractivity (Wildman–Crippen MR) is 80.2 cm³/mol. The van der Waals surface area contributed by atoms with Crippen LogP contribution in [0.5, 0.6) is 5.75 Å². The molecule has 2 rings (SSSR count). The summed E-state index contributed by atoms with van der Waals surface area (Å²) in [5.41, 5.74) is 0.627. The van der Waals surface area contributed by atoms with Crippen molar-refractivity contribution in [2.45, 2.75) is 6.92 Å². The van der Waals surface area contributed by atoms with Gasteiger partial charge in [-0.3, -0.25) is 4.79 Å². The van der Waals surface area contributed by atoms with E-state index >= 15 is 0 Å². The second-order valence-electron chi connectivity index (χ2n) is 4.03. The van der Waals surface area contributed by atoms with Crippen LogP contribution in [0.2, 0.25) is 5.02 Å². The quantitative estimate of drug-likeness (QED) is 0.730. The Labute approximate surface area is 129 Å². The van der Waals surface area contributed by atoms with Gasteiger partial charge in [-0.15, -0.1) is 0 Å². The number of rotatable bonds is 4. The van der Waals surface area contributed by atoms with Gasteiger partial charge in [0.25, 0.3) is 0 Å². The maximum Gasteiger partial charge on any atom is 0.198 e. The number of carbonyl (C=O) groups is 1. The molecule has 2 aromatic carbocycles. The number of carbonyl (C=O) groups excluding carboxylic acids is 1. The lowest BCUT2D eigenvalue weighted by Gasteiger charge is -2.10. The van der Waals surface area contributed by atoms with Crippen LogP contribution in [0.3, 0.4) is 0 Å². The summed E-state index contributed by atoms with van der Waals surface area (Å²) in [6.07, 6.45) is 0. The van der Waals surface area contributed by atoms with E-state index in [4.69, 9.17) is 16.3 Å². The van der Waals surface area contributed by atoms with Gasteiger partial charge < -0.3 is 4.74 Å². The van der Waals surface area contributed by atoms with Crippen molar-refractivity contribution >= 4 is 33.3 Å². The van der Waals surface area contributed by atoms with Crippen LogP contribution in [-0.2, 0) is 0 Å². The summed E-state index contributed by atoms with van der Waals surface area (Å²) < 4.78 is 19.3. The Hall–Kier alpha value is -1.39. The maximum atomic E-state index is 13.3. The smallest absolute Gasteiger partial charge is 0.198 e. The van der Waals surface area contributed by atoms with Gasteiger partial charge >= 0.3 is 0 Å². The largest absolute Gasteiger partial charge is 0.493 e. The van der Waals surface area contributed by atoms with Crippen molar-refractivity contribution in [2.75, 3.05) is 6.61 Å². The summed E-state index contributed by atoms with van der Waals surface area (Å²) in [6.45, 7) is 2.11. The SMILES string of the molecule is CCOc1cc(F)ccc1C(=O)c1cc(Br)ccc1Cl. The van der Waals surface area contributed by atoms with Crippen molar-refractivity contribution in [3.63, 3.8) is 0 Å². The molecule has 2 aromatic rings. The van der Waals surface area contributed by atoms with E-state index in [1.54, 1.807) is 25.1 Å². The molecule has 0 saturated carbocycles. The summed E-state index contributed by atoms with van der Waals surface area (Å²) >= 11 is 9.34. The van der Waals surface area contributed by atoms with Crippen LogP contribution in [0, 0.1) is 5.82 Å². The van der Waals surface area contributed by atoms with Crippen molar-refractivity contribution in [3.05, 3.63) is 62.8 Å². The standard InChI is InChI=1S/C15H11BrClFO2/c1-2-20-14-8-10(18)4-5-11(14)15(19)12-7-9(16)3-6-13(12)17/h3-8H,2H2,1H3. The Balaban J connectivity index is 2.50. The van der Waals surface area contributed by atoms with Crippen LogP contribution in [-0.4, -0.2) is 12.4 Å². The van der Waals surface area contributed by atoms with E-state index < -0.39 is 5.82 Å². The second kappa shape index (κ2) is 6.37. The number of hydrogen-bond acceptors (Lipinski definition) is 2. The van der Waals surface area contributed by atoms with Gasteiger partial charge in [-0.2, -0.15) is 0 Å². The van der Waals surface area contributed by atoms with E-state index in [1.807, 2.05) is 0 Å². The first-order chi connectivity index (χ1) is 9.52. The highest BCUT2D eigenvalue weighted by atomic mass is 79.9. The lowest BCUT2D eigenvalue weighted by atomic mass is 10.0. The molecule has 0 heterocycles. The first-order valence-electron chi connectivity index (χ1n) is 5.95. The molecule has 0 aliphatic rings. The second-order valence-corrected chi connectivity index (χ2v) is 5.35. The van der Waals surface area contributed by atoms with Crippen LogP contribution in [0.15, 0.2) is 40.9 Å². The van der Waals surface area contributed by atoms with Gasteiger partial charge in [0.2, 0.25) is 0 Å². The van der Waals surface area contributed by atoms with E-state index in [2.05, 4.69) is 15.9 Å². The fraction of sp³-hybridized carbons (Fsp3) is 0.133. The van der Waals surface area contributed by atoms with Gasteiger partial charge in [-0.05, 0) is 37.3 Å². The van der Waals surface area contributed by atoms with E-state index in [1.165, 1.54) is 18.2 Å². The fourth-order valence-electron chi connectivity index (χ4n) is 1.78. The Morgan fingerprint density at radius 1 is 1.25 bits per heavy atom. The third-order valence-electron chi connectivity index (χ3n) is 2.66. The molecule has 5 heteroatoms. The maximum absolute atomic E-state index is 13.3. The fourth-order valence-corrected chi connectivity index (χ4v) is 2.34. The lowest BCUT2D eigenvalue weighted by Crippen LogP contribution is -2.06. The molecule has 0 saturated heterocycles. The average molecular weight is 358 g/mol. The molecule has 0 aliphatic carbocycles. The minimum atomic E-state index is -0.453. The molecule has 104 valence electrons. The van der Waals surface area contributed by atoms with Gasteiger partial charge in [0.15, 0.2) is 5.78 Å². The monoisotopic (exact) mass is 356 g/mol. The topological polar surface area (TPSA) is 26.3 Å². The van der Waals surface area contributed by atoms with Gasteiger partial charge in [0.05, 0.1) is 17.2 Å². The van der Waals surface area contributed by atoms with Gasteiger partial charge in [-0.1, -0.05) is 27.5 Å². The summed E-state index contributed by atoms with van der Waals surface area (Å²) in [5, 5.41) is 0.338. The zero-order valence-electron chi connectivity index (χ0n) is 10.6. The summed E-state index contributed by atoms with van der Waals surface area (Å²) in [7, 11) is 0. The van der Waals surface area contributed by atoms with Crippen LogP contribution in [0.1, 0.15) is 22.8 Å². The number of halogens is 3. The highest BCUT2D eigenvalue weighted by molar-refractivity contribution is 9.10. The molecule has 0 fully saturated rings.